The predicted octanol–water partition coefficient (Wildman–Crippen LogP) is 0.540. The van der Waals surface area contributed by atoms with E-state index in [9.17, 15) is 13.2 Å². The molecule has 1 amide bonds. The molecule has 0 aromatic carbocycles. The van der Waals surface area contributed by atoms with Gasteiger partial charge in [-0.1, -0.05) is 19.0 Å². The van der Waals surface area contributed by atoms with Crippen molar-refractivity contribution in [3.8, 4) is 0 Å². The number of hydrogen-bond acceptors (Lipinski definition) is 6. The molecule has 0 aliphatic carbocycles. The van der Waals surface area contributed by atoms with Crippen LogP contribution in [0, 0.1) is 5.92 Å². The highest BCUT2D eigenvalue weighted by atomic mass is 32.2. The number of hydrogen-bond donors (Lipinski definition) is 0. The molecule has 0 radical (unpaired) electrons. The number of nitrogens with zero attached hydrogens (tertiary/aromatic N) is 5. The highest BCUT2D eigenvalue weighted by molar-refractivity contribution is 7.86. The first-order chi connectivity index (χ1) is 12.1. The molecule has 1 aromatic heterocycles. The minimum atomic E-state index is -3.46. The average molecular weight is 388 g/mol. The van der Waals surface area contributed by atoms with Crippen molar-refractivity contribution in [1.82, 2.24) is 23.7 Å². The molecule has 0 spiro atoms. The summed E-state index contributed by atoms with van der Waals surface area (Å²) in [5, 5.41) is 3.97. The lowest BCUT2D eigenvalue weighted by molar-refractivity contribution is -0.130. The van der Waals surface area contributed by atoms with Crippen molar-refractivity contribution in [1.29, 1.82) is 0 Å². The normalized spacial score (nSPS) is 18.8. The third kappa shape index (κ3) is 5.01. The zero-order chi connectivity index (χ0) is 19.5. The van der Waals surface area contributed by atoms with Crippen LogP contribution in [0.25, 0.3) is 0 Å². The van der Waals surface area contributed by atoms with Gasteiger partial charge in [-0.25, -0.2) is 0 Å². The minimum Gasteiger partial charge on any atom is -0.339 e. The SMILES string of the molecule is CC(=O)N(CCc1noc(CC(C)C)n1)C1CCN(S(=O)(=O)N(C)C)C1. The number of rotatable bonds is 8. The fourth-order valence-electron chi connectivity index (χ4n) is 3.05. The van der Waals surface area contributed by atoms with E-state index < -0.39 is 10.2 Å². The maximum absolute atomic E-state index is 12.3. The Bertz CT molecular complexity index is 716. The Morgan fingerprint density at radius 2 is 2.08 bits per heavy atom. The average Bonchev–Trinajstić information content (AvgIpc) is 3.16. The Kier molecular flexibility index (Phi) is 6.75. The van der Waals surface area contributed by atoms with Crippen molar-refractivity contribution >= 4 is 16.1 Å². The van der Waals surface area contributed by atoms with Gasteiger partial charge in [0.05, 0.1) is 0 Å². The molecule has 2 rings (SSSR count). The molecule has 0 saturated carbocycles. The van der Waals surface area contributed by atoms with Crippen molar-refractivity contribution in [3.63, 3.8) is 0 Å². The molecule has 0 bridgehead atoms. The van der Waals surface area contributed by atoms with E-state index in [0.717, 1.165) is 6.42 Å². The van der Waals surface area contributed by atoms with Crippen molar-refractivity contribution in [3.05, 3.63) is 11.7 Å². The van der Waals surface area contributed by atoms with Gasteiger partial charge in [0.1, 0.15) is 0 Å². The molecule has 1 unspecified atom stereocenters. The van der Waals surface area contributed by atoms with Crippen LogP contribution in [0.15, 0.2) is 4.52 Å². The molecule has 1 aliphatic heterocycles. The fraction of sp³-hybridized carbons (Fsp3) is 0.812. The second-order valence-corrected chi connectivity index (χ2v) is 9.40. The van der Waals surface area contributed by atoms with Crippen LogP contribution in [0.2, 0.25) is 0 Å². The van der Waals surface area contributed by atoms with Crippen LogP contribution in [0.5, 0.6) is 0 Å². The van der Waals surface area contributed by atoms with Gasteiger partial charge in [-0.05, 0) is 12.3 Å². The second kappa shape index (κ2) is 8.45. The molecule has 1 aromatic rings. The monoisotopic (exact) mass is 387 g/mol. The Morgan fingerprint density at radius 1 is 1.38 bits per heavy atom. The van der Waals surface area contributed by atoms with Crippen LogP contribution in [0.1, 0.15) is 38.9 Å². The van der Waals surface area contributed by atoms with Crippen LogP contribution in [0.3, 0.4) is 0 Å². The number of carbonyl (C=O) groups is 1. The number of carbonyl (C=O) groups excluding carboxylic acids is 1. The molecular weight excluding hydrogens is 358 g/mol. The smallest absolute Gasteiger partial charge is 0.281 e. The van der Waals surface area contributed by atoms with E-state index in [4.69, 9.17) is 4.52 Å². The zero-order valence-electron chi connectivity index (χ0n) is 16.2. The molecular formula is C16H29N5O4S. The predicted molar refractivity (Wildman–Crippen MR) is 96.5 cm³/mol. The van der Waals surface area contributed by atoms with Gasteiger partial charge in [-0.2, -0.15) is 22.0 Å². The molecule has 2 heterocycles. The van der Waals surface area contributed by atoms with Crippen molar-refractivity contribution in [2.75, 3.05) is 33.7 Å². The van der Waals surface area contributed by atoms with Gasteiger partial charge in [0.15, 0.2) is 5.82 Å². The largest absolute Gasteiger partial charge is 0.339 e. The van der Waals surface area contributed by atoms with Gasteiger partial charge >= 0.3 is 0 Å². The van der Waals surface area contributed by atoms with Gasteiger partial charge in [0.25, 0.3) is 10.2 Å². The van der Waals surface area contributed by atoms with Crippen molar-refractivity contribution in [2.45, 2.75) is 46.1 Å². The van der Waals surface area contributed by atoms with E-state index in [1.54, 1.807) is 4.90 Å². The van der Waals surface area contributed by atoms with Gasteiger partial charge in [0, 0.05) is 59.5 Å². The van der Waals surface area contributed by atoms with E-state index >= 15 is 0 Å². The van der Waals surface area contributed by atoms with Crippen LogP contribution in [-0.4, -0.2) is 77.7 Å². The lowest BCUT2D eigenvalue weighted by atomic mass is 10.1. The summed E-state index contributed by atoms with van der Waals surface area (Å²) in [6, 6.07) is -0.135. The highest BCUT2D eigenvalue weighted by Crippen LogP contribution is 2.20. The first-order valence-electron chi connectivity index (χ1n) is 8.87. The van der Waals surface area contributed by atoms with Crippen LogP contribution in [-0.2, 0) is 27.8 Å². The Morgan fingerprint density at radius 3 is 2.65 bits per heavy atom. The van der Waals surface area contributed by atoms with Crippen molar-refractivity contribution in [2.24, 2.45) is 5.92 Å². The summed E-state index contributed by atoms with van der Waals surface area (Å²) >= 11 is 0. The van der Waals surface area contributed by atoms with Crippen molar-refractivity contribution < 1.29 is 17.7 Å². The maximum Gasteiger partial charge on any atom is 0.281 e. The standard InChI is InChI=1S/C16H29N5O4S/c1-12(2)10-16-17-15(18-25-16)7-9-21(13(3)22)14-6-8-20(11-14)26(23,24)19(4)5/h12,14H,6-11H2,1-5H3. The summed E-state index contributed by atoms with van der Waals surface area (Å²) in [7, 11) is -0.434. The molecule has 148 valence electrons. The summed E-state index contributed by atoms with van der Waals surface area (Å²) in [6.45, 7) is 6.82. The van der Waals surface area contributed by atoms with E-state index in [2.05, 4.69) is 24.0 Å². The number of amides is 1. The maximum atomic E-state index is 12.3. The van der Waals surface area contributed by atoms with Gasteiger partial charge in [-0.3, -0.25) is 4.79 Å². The summed E-state index contributed by atoms with van der Waals surface area (Å²) < 4.78 is 32.4. The summed E-state index contributed by atoms with van der Waals surface area (Å²) in [6.07, 6.45) is 1.83. The summed E-state index contributed by atoms with van der Waals surface area (Å²) in [5.74, 6) is 1.53. The number of aromatic nitrogens is 2. The van der Waals surface area contributed by atoms with E-state index in [-0.39, 0.29) is 11.9 Å². The third-order valence-corrected chi connectivity index (χ3v) is 6.34. The third-order valence-electron chi connectivity index (χ3n) is 4.43. The van der Waals surface area contributed by atoms with Gasteiger partial charge < -0.3 is 9.42 Å². The fourth-order valence-corrected chi connectivity index (χ4v) is 4.21. The molecule has 9 nitrogen and oxygen atoms in total. The Labute approximate surface area is 155 Å². The van der Waals surface area contributed by atoms with Crippen LogP contribution in [0.4, 0.5) is 0 Å². The lowest BCUT2D eigenvalue weighted by Crippen LogP contribution is -2.44. The van der Waals surface area contributed by atoms with Crippen LogP contribution >= 0.6 is 0 Å². The molecule has 1 fully saturated rings. The van der Waals surface area contributed by atoms with Gasteiger partial charge in [0.2, 0.25) is 11.8 Å². The molecule has 26 heavy (non-hydrogen) atoms. The van der Waals surface area contributed by atoms with E-state index in [0.29, 0.717) is 50.1 Å². The van der Waals surface area contributed by atoms with Gasteiger partial charge in [-0.15, -0.1) is 0 Å². The molecule has 10 heteroatoms. The molecule has 0 N–H and O–H groups in total. The lowest BCUT2D eigenvalue weighted by Gasteiger charge is -2.28. The summed E-state index contributed by atoms with van der Waals surface area (Å²) in [5.41, 5.74) is 0. The van der Waals surface area contributed by atoms with E-state index in [1.165, 1.54) is 29.6 Å². The quantitative estimate of drug-likeness (QED) is 0.645. The minimum absolute atomic E-state index is 0.0787. The first-order valence-corrected chi connectivity index (χ1v) is 10.3. The highest BCUT2D eigenvalue weighted by Gasteiger charge is 2.36. The Hall–Kier alpha value is -1.52. The summed E-state index contributed by atoms with van der Waals surface area (Å²) in [4.78, 5) is 18.1. The first kappa shape index (κ1) is 20.8. The Balaban J connectivity index is 1.97. The molecule has 1 saturated heterocycles. The van der Waals surface area contributed by atoms with E-state index in [1.807, 2.05) is 0 Å². The zero-order valence-corrected chi connectivity index (χ0v) is 17.0. The molecule has 1 aliphatic rings. The second-order valence-electron chi connectivity index (χ2n) is 7.26. The topological polar surface area (TPSA) is 99.9 Å². The molecule has 1 atom stereocenters. The van der Waals surface area contributed by atoms with Crippen LogP contribution < -0.4 is 0 Å².